The second-order valence-electron chi connectivity index (χ2n) is 5.37. The Morgan fingerprint density at radius 2 is 1.88 bits per heavy atom. The minimum Gasteiger partial charge on any atom is -0.395 e. The van der Waals surface area contributed by atoms with Gasteiger partial charge in [0.1, 0.15) is 10.7 Å². The van der Waals surface area contributed by atoms with E-state index in [-0.39, 0.29) is 5.88 Å². The van der Waals surface area contributed by atoms with Crippen LogP contribution in [-0.4, -0.2) is 21.1 Å². The predicted octanol–water partition coefficient (Wildman–Crippen LogP) is 2.56. The molecule has 4 rings (SSSR count). The Balaban J connectivity index is 1.71. The summed E-state index contributed by atoms with van der Waals surface area (Å²) < 4.78 is 5.12. The molecule has 2 N–H and O–H groups in total. The lowest BCUT2D eigenvalue weighted by Crippen LogP contribution is -2.61. The van der Waals surface area contributed by atoms with Gasteiger partial charge in [0.05, 0.1) is 22.7 Å². The first kappa shape index (κ1) is 14.8. The Kier molecular flexibility index (Phi) is 3.59. The molecule has 0 aliphatic carbocycles. The Labute approximate surface area is 141 Å². The van der Waals surface area contributed by atoms with Gasteiger partial charge in [-0.15, -0.1) is 0 Å². The molecule has 0 saturated carbocycles. The summed E-state index contributed by atoms with van der Waals surface area (Å²) in [6.07, 6.45) is 1.58. The van der Waals surface area contributed by atoms with Gasteiger partial charge in [0.15, 0.2) is 5.76 Å². The SMILES string of the molecule is O=[N+]([O-])c1ccc(C=[NH+]c2ccccc2-c2nc3ccccc3[nH]2)o1. The molecular formula is C18H13N4O3+. The maximum Gasteiger partial charge on any atom is 0.433 e. The molecule has 7 nitrogen and oxygen atoms in total. The van der Waals surface area contributed by atoms with Crippen LogP contribution in [0, 0.1) is 10.1 Å². The Hall–Kier alpha value is -3.74. The number of nitro groups is 1. The van der Waals surface area contributed by atoms with E-state index in [4.69, 9.17) is 4.42 Å². The van der Waals surface area contributed by atoms with Gasteiger partial charge in [-0.05, 0) is 24.3 Å². The normalized spacial score (nSPS) is 11.4. The number of para-hydroxylation sites is 3. The van der Waals surface area contributed by atoms with Crippen molar-refractivity contribution in [3.63, 3.8) is 0 Å². The summed E-state index contributed by atoms with van der Waals surface area (Å²) in [4.78, 5) is 21.1. The largest absolute Gasteiger partial charge is 0.433 e. The fourth-order valence-electron chi connectivity index (χ4n) is 2.56. The lowest BCUT2D eigenvalue weighted by atomic mass is 10.1. The van der Waals surface area contributed by atoms with Crippen molar-refractivity contribution in [3.8, 4) is 11.4 Å². The molecule has 0 saturated heterocycles. The van der Waals surface area contributed by atoms with E-state index < -0.39 is 4.92 Å². The molecule has 0 radical (unpaired) electrons. The lowest BCUT2D eigenvalue weighted by Gasteiger charge is -1.96. The maximum absolute atomic E-state index is 10.7. The third-order valence-corrected chi connectivity index (χ3v) is 3.73. The van der Waals surface area contributed by atoms with Crippen molar-refractivity contribution >= 4 is 28.8 Å². The van der Waals surface area contributed by atoms with Gasteiger partial charge in [-0.3, -0.25) is 10.1 Å². The second kappa shape index (κ2) is 6.04. The number of aromatic amines is 1. The van der Waals surface area contributed by atoms with Crippen molar-refractivity contribution in [1.82, 2.24) is 9.97 Å². The number of nitrogens with zero attached hydrogens (tertiary/aromatic N) is 2. The number of imidazole rings is 1. The van der Waals surface area contributed by atoms with Crippen LogP contribution in [0.3, 0.4) is 0 Å². The summed E-state index contributed by atoms with van der Waals surface area (Å²) in [6.45, 7) is 0. The van der Waals surface area contributed by atoms with E-state index in [0.717, 1.165) is 28.1 Å². The van der Waals surface area contributed by atoms with E-state index in [1.54, 1.807) is 6.21 Å². The minimum atomic E-state index is -0.570. The zero-order valence-corrected chi connectivity index (χ0v) is 13.0. The van der Waals surface area contributed by atoms with Gasteiger partial charge in [-0.1, -0.05) is 24.3 Å². The van der Waals surface area contributed by atoms with Crippen LogP contribution >= 0.6 is 0 Å². The third-order valence-electron chi connectivity index (χ3n) is 3.73. The lowest BCUT2D eigenvalue weighted by molar-refractivity contribution is -0.402. The van der Waals surface area contributed by atoms with Gasteiger partial charge in [0.2, 0.25) is 11.9 Å². The van der Waals surface area contributed by atoms with Crippen LogP contribution in [0.4, 0.5) is 11.6 Å². The van der Waals surface area contributed by atoms with Crippen LogP contribution in [0.2, 0.25) is 0 Å². The van der Waals surface area contributed by atoms with E-state index in [1.807, 2.05) is 48.5 Å². The molecule has 25 heavy (non-hydrogen) atoms. The molecule has 4 aromatic rings. The quantitative estimate of drug-likeness (QED) is 0.340. The standard InChI is InChI=1S/C18H12N4O3/c23-22(24)17-10-9-12(25-17)11-19-14-6-2-1-5-13(14)18-20-15-7-3-4-8-16(15)21-18/h1-11H,(H,20,21)/p+1. The molecule has 0 amide bonds. The van der Waals surface area contributed by atoms with Crippen LogP contribution in [0.1, 0.15) is 5.76 Å². The third kappa shape index (κ3) is 2.90. The minimum absolute atomic E-state index is 0.293. The number of hydrogen-bond acceptors (Lipinski definition) is 4. The highest BCUT2D eigenvalue weighted by Gasteiger charge is 2.14. The highest BCUT2D eigenvalue weighted by Crippen LogP contribution is 2.24. The Morgan fingerprint density at radius 3 is 2.68 bits per heavy atom. The van der Waals surface area contributed by atoms with Gasteiger partial charge in [-0.2, -0.15) is 0 Å². The molecule has 7 heteroatoms. The number of hydrogen-bond donors (Lipinski definition) is 2. The molecule has 122 valence electrons. The van der Waals surface area contributed by atoms with Gasteiger partial charge in [0.25, 0.3) is 0 Å². The summed E-state index contributed by atoms with van der Waals surface area (Å²) in [5, 5.41) is 10.7. The van der Waals surface area contributed by atoms with Crippen molar-refractivity contribution in [2.24, 2.45) is 0 Å². The number of H-pyrrole nitrogens is 1. The molecular weight excluding hydrogens is 320 g/mol. The number of aromatic nitrogens is 2. The van der Waals surface area contributed by atoms with Crippen molar-refractivity contribution in [1.29, 1.82) is 0 Å². The van der Waals surface area contributed by atoms with Crippen LogP contribution in [-0.2, 0) is 0 Å². The van der Waals surface area contributed by atoms with Gasteiger partial charge < -0.3 is 9.40 Å². The van der Waals surface area contributed by atoms with Crippen molar-refractivity contribution in [3.05, 3.63) is 76.5 Å². The number of rotatable bonds is 4. The van der Waals surface area contributed by atoms with E-state index in [1.165, 1.54) is 12.1 Å². The van der Waals surface area contributed by atoms with Crippen molar-refractivity contribution < 1.29 is 14.3 Å². The maximum atomic E-state index is 10.7. The smallest absolute Gasteiger partial charge is 0.395 e. The molecule has 0 atom stereocenters. The highest BCUT2D eigenvalue weighted by molar-refractivity contribution is 5.81. The summed E-state index contributed by atoms with van der Waals surface area (Å²) >= 11 is 0. The van der Waals surface area contributed by atoms with Gasteiger partial charge in [0, 0.05) is 6.07 Å². The zero-order chi connectivity index (χ0) is 17.2. The molecule has 0 spiro atoms. The molecule has 0 aliphatic heterocycles. The fourth-order valence-corrected chi connectivity index (χ4v) is 2.56. The van der Waals surface area contributed by atoms with E-state index >= 15 is 0 Å². The van der Waals surface area contributed by atoms with E-state index in [2.05, 4.69) is 15.0 Å². The number of fused-ring (bicyclic) bond motifs is 1. The fraction of sp³-hybridized carbons (Fsp3) is 0. The summed E-state index contributed by atoms with van der Waals surface area (Å²) in [5.74, 6) is 0.813. The zero-order valence-electron chi connectivity index (χ0n) is 13.0. The summed E-state index contributed by atoms with van der Waals surface area (Å²) in [6, 6.07) is 18.3. The number of benzene rings is 2. The van der Waals surface area contributed by atoms with Crippen LogP contribution in [0.15, 0.2) is 65.1 Å². The Bertz CT molecular complexity index is 1060. The van der Waals surface area contributed by atoms with Crippen molar-refractivity contribution in [2.45, 2.75) is 0 Å². The average Bonchev–Trinajstić information content (AvgIpc) is 3.27. The molecule has 0 fully saturated rings. The van der Waals surface area contributed by atoms with Crippen LogP contribution < -0.4 is 4.99 Å². The summed E-state index contributed by atoms with van der Waals surface area (Å²) in [5.41, 5.74) is 3.53. The second-order valence-corrected chi connectivity index (χ2v) is 5.37. The molecule has 0 aliphatic rings. The van der Waals surface area contributed by atoms with Gasteiger partial charge >= 0.3 is 5.88 Å². The van der Waals surface area contributed by atoms with E-state index in [0.29, 0.717) is 5.76 Å². The topological polar surface area (TPSA) is 98.9 Å². The number of furan rings is 1. The van der Waals surface area contributed by atoms with Crippen LogP contribution in [0.25, 0.3) is 22.4 Å². The molecule has 2 heterocycles. The molecule has 2 aromatic heterocycles. The number of nitrogens with one attached hydrogen (secondary N) is 2. The first-order valence-corrected chi connectivity index (χ1v) is 7.59. The molecule has 0 bridgehead atoms. The van der Waals surface area contributed by atoms with Gasteiger partial charge in [-0.25, -0.2) is 9.98 Å². The van der Waals surface area contributed by atoms with Crippen LogP contribution in [0.5, 0.6) is 0 Å². The Morgan fingerprint density at radius 1 is 1.08 bits per heavy atom. The highest BCUT2D eigenvalue weighted by atomic mass is 16.6. The predicted molar refractivity (Wildman–Crippen MR) is 92.7 cm³/mol. The average molecular weight is 333 g/mol. The first-order chi connectivity index (χ1) is 12.2. The monoisotopic (exact) mass is 333 g/mol. The molecule has 2 aromatic carbocycles. The molecule has 0 unspecified atom stereocenters. The first-order valence-electron chi connectivity index (χ1n) is 7.59. The van der Waals surface area contributed by atoms with Crippen molar-refractivity contribution in [2.75, 3.05) is 0 Å². The summed E-state index contributed by atoms with van der Waals surface area (Å²) in [7, 11) is 0. The van der Waals surface area contributed by atoms with E-state index in [9.17, 15) is 10.1 Å².